The second kappa shape index (κ2) is 7.00. The molecule has 0 aliphatic rings. The summed E-state index contributed by atoms with van der Waals surface area (Å²) in [5.41, 5.74) is 1.69. The molecule has 2 heterocycles. The minimum absolute atomic E-state index is 0.211. The van der Waals surface area contributed by atoms with Crippen molar-refractivity contribution in [3.8, 4) is 0 Å². The van der Waals surface area contributed by atoms with E-state index in [0.717, 1.165) is 5.56 Å². The van der Waals surface area contributed by atoms with Crippen LogP contribution in [-0.4, -0.2) is 21.1 Å². The van der Waals surface area contributed by atoms with Crippen molar-refractivity contribution in [2.45, 2.75) is 13.0 Å². The number of rotatable bonds is 6. The molecule has 0 atom stereocenters. The summed E-state index contributed by atoms with van der Waals surface area (Å²) in [6.07, 6.45) is 4.77. The van der Waals surface area contributed by atoms with Crippen LogP contribution in [0.15, 0.2) is 67.1 Å². The van der Waals surface area contributed by atoms with Crippen molar-refractivity contribution in [2.24, 2.45) is 0 Å². The molecule has 4 nitrogen and oxygen atoms in total. The third-order valence-corrected chi connectivity index (χ3v) is 3.62. The zero-order valence-corrected chi connectivity index (χ0v) is 12.9. The molecule has 1 aromatic carbocycles. The van der Waals surface area contributed by atoms with Gasteiger partial charge in [0.05, 0.1) is 6.42 Å². The van der Waals surface area contributed by atoms with E-state index in [1.54, 1.807) is 48.8 Å². The number of pyridine rings is 1. The van der Waals surface area contributed by atoms with Crippen molar-refractivity contribution in [3.05, 3.63) is 89.8 Å². The van der Waals surface area contributed by atoms with E-state index < -0.39 is 0 Å². The van der Waals surface area contributed by atoms with Gasteiger partial charge in [0.2, 0.25) is 0 Å². The van der Waals surface area contributed by atoms with E-state index >= 15 is 0 Å². The van der Waals surface area contributed by atoms with Crippen LogP contribution >= 0.6 is 0 Å². The van der Waals surface area contributed by atoms with Gasteiger partial charge in [-0.05, 0) is 35.9 Å². The zero-order valence-electron chi connectivity index (χ0n) is 12.9. The van der Waals surface area contributed by atoms with E-state index in [9.17, 15) is 14.0 Å². The first kappa shape index (κ1) is 15.8. The zero-order chi connectivity index (χ0) is 16.9. The van der Waals surface area contributed by atoms with E-state index in [2.05, 4.69) is 4.98 Å². The van der Waals surface area contributed by atoms with Crippen molar-refractivity contribution in [1.82, 2.24) is 9.55 Å². The van der Waals surface area contributed by atoms with Crippen LogP contribution in [0.25, 0.3) is 0 Å². The van der Waals surface area contributed by atoms with Gasteiger partial charge in [0.1, 0.15) is 11.5 Å². The molecule has 0 radical (unpaired) electrons. The SMILES string of the molecule is O=C(CC(=O)c1ccccn1)c1ccn(Cc2ccc(F)cc2)c1. The molecular weight excluding hydrogens is 307 g/mol. The van der Waals surface area contributed by atoms with Gasteiger partial charge in [0, 0.05) is 30.7 Å². The number of aromatic nitrogens is 2. The van der Waals surface area contributed by atoms with Crippen LogP contribution < -0.4 is 0 Å². The number of ketones is 2. The smallest absolute Gasteiger partial charge is 0.188 e. The second-order valence-electron chi connectivity index (χ2n) is 5.44. The predicted octanol–water partition coefficient (Wildman–Crippen LogP) is 3.53. The summed E-state index contributed by atoms with van der Waals surface area (Å²) in [5, 5.41) is 0. The highest BCUT2D eigenvalue weighted by Gasteiger charge is 2.15. The quantitative estimate of drug-likeness (QED) is 0.515. The maximum atomic E-state index is 12.9. The van der Waals surface area contributed by atoms with Crippen LogP contribution in [0.4, 0.5) is 4.39 Å². The lowest BCUT2D eigenvalue weighted by molar-refractivity contribution is 0.0891. The van der Waals surface area contributed by atoms with E-state index in [1.807, 2.05) is 4.57 Å². The second-order valence-corrected chi connectivity index (χ2v) is 5.44. The maximum absolute atomic E-state index is 12.9. The number of nitrogens with zero attached hydrogens (tertiary/aromatic N) is 2. The Labute approximate surface area is 138 Å². The fourth-order valence-electron chi connectivity index (χ4n) is 2.37. The van der Waals surface area contributed by atoms with Gasteiger partial charge < -0.3 is 4.57 Å². The molecule has 5 heteroatoms. The summed E-state index contributed by atoms with van der Waals surface area (Å²) in [6, 6.07) is 12.9. The van der Waals surface area contributed by atoms with Gasteiger partial charge in [-0.1, -0.05) is 18.2 Å². The van der Waals surface area contributed by atoms with Gasteiger partial charge in [-0.15, -0.1) is 0 Å². The topological polar surface area (TPSA) is 52.0 Å². The fourth-order valence-corrected chi connectivity index (χ4v) is 2.37. The monoisotopic (exact) mass is 322 g/mol. The van der Waals surface area contributed by atoms with Gasteiger partial charge in [-0.2, -0.15) is 0 Å². The molecule has 0 aliphatic carbocycles. The lowest BCUT2D eigenvalue weighted by Gasteiger charge is -2.03. The van der Waals surface area contributed by atoms with Gasteiger partial charge in [0.15, 0.2) is 11.6 Å². The minimum Gasteiger partial charge on any atom is -0.349 e. The Morgan fingerprint density at radius 3 is 2.50 bits per heavy atom. The first-order valence-corrected chi connectivity index (χ1v) is 7.49. The number of Topliss-reactive ketones (excluding diaryl/α,β-unsaturated/α-hetero) is 2. The van der Waals surface area contributed by atoms with Crippen LogP contribution in [0.2, 0.25) is 0 Å². The summed E-state index contributed by atoms with van der Waals surface area (Å²) >= 11 is 0. The summed E-state index contributed by atoms with van der Waals surface area (Å²) in [7, 11) is 0. The number of carbonyl (C=O) groups excluding carboxylic acids is 2. The first-order valence-electron chi connectivity index (χ1n) is 7.49. The number of benzene rings is 1. The molecule has 0 amide bonds. The number of carbonyl (C=O) groups is 2. The minimum atomic E-state index is -0.299. The number of hydrogen-bond donors (Lipinski definition) is 0. The average Bonchev–Trinajstić information content (AvgIpc) is 3.06. The Morgan fingerprint density at radius 1 is 1.00 bits per heavy atom. The largest absolute Gasteiger partial charge is 0.349 e. The molecule has 2 aromatic heterocycles. The molecule has 0 N–H and O–H groups in total. The maximum Gasteiger partial charge on any atom is 0.188 e. The van der Waals surface area contributed by atoms with Gasteiger partial charge in [-0.3, -0.25) is 14.6 Å². The predicted molar refractivity (Wildman–Crippen MR) is 87.4 cm³/mol. The van der Waals surface area contributed by atoms with Crippen LogP contribution in [0.1, 0.15) is 32.8 Å². The van der Waals surface area contributed by atoms with E-state index in [0.29, 0.717) is 12.1 Å². The van der Waals surface area contributed by atoms with Gasteiger partial charge in [0.25, 0.3) is 0 Å². The molecule has 0 saturated heterocycles. The van der Waals surface area contributed by atoms with E-state index in [-0.39, 0.29) is 29.5 Å². The highest BCUT2D eigenvalue weighted by Crippen LogP contribution is 2.11. The molecule has 24 heavy (non-hydrogen) atoms. The van der Waals surface area contributed by atoms with Crippen molar-refractivity contribution in [2.75, 3.05) is 0 Å². The highest BCUT2D eigenvalue weighted by molar-refractivity contribution is 6.12. The Balaban J connectivity index is 1.65. The normalized spacial score (nSPS) is 10.5. The van der Waals surface area contributed by atoms with Crippen LogP contribution in [0.3, 0.4) is 0 Å². The molecule has 0 fully saturated rings. The average molecular weight is 322 g/mol. The van der Waals surface area contributed by atoms with Crippen molar-refractivity contribution >= 4 is 11.6 Å². The Kier molecular flexibility index (Phi) is 4.61. The molecular formula is C19H15FN2O2. The van der Waals surface area contributed by atoms with Crippen LogP contribution in [0.5, 0.6) is 0 Å². The van der Waals surface area contributed by atoms with Gasteiger partial charge >= 0.3 is 0 Å². The Bertz CT molecular complexity index is 855. The third-order valence-electron chi connectivity index (χ3n) is 3.62. The van der Waals surface area contributed by atoms with Crippen LogP contribution in [0, 0.1) is 5.82 Å². The standard InChI is InChI=1S/C19H15FN2O2/c20-16-6-4-14(5-7-16)12-22-10-8-15(13-22)18(23)11-19(24)17-3-1-2-9-21-17/h1-10,13H,11-12H2. The van der Waals surface area contributed by atoms with Crippen molar-refractivity contribution < 1.29 is 14.0 Å². The summed E-state index contributed by atoms with van der Waals surface area (Å²) in [6.45, 7) is 0.530. The highest BCUT2D eigenvalue weighted by atomic mass is 19.1. The molecule has 3 rings (SSSR count). The molecule has 0 unspecified atom stereocenters. The van der Waals surface area contributed by atoms with Crippen molar-refractivity contribution in [3.63, 3.8) is 0 Å². The lowest BCUT2D eigenvalue weighted by Crippen LogP contribution is -2.09. The summed E-state index contributed by atoms with van der Waals surface area (Å²) in [5.74, 6) is -0.828. The Hall–Kier alpha value is -3.08. The number of halogens is 1. The summed E-state index contributed by atoms with van der Waals surface area (Å²) in [4.78, 5) is 28.2. The third kappa shape index (κ3) is 3.81. The van der Waals surface area contributed by atoms with Gasteiger partial charge in [-0.25, -0.2) is 4.39 Å². The molecule has 0 aliphatic heterocycles. The van der Waals surface area contributed by atoms with E-state index in [4.69, 9.17) is 0 Å². The molecule has 0 spiro atoms. The molecule has 3 aromatic rings. The summed E-state index contributed by atoms with van der Waals surface area (Å²) < 4.78 is 14.7. The van der Waals surface area contributed by atoms with Crippen molar-refractivity contribution in [1.29, 1.82) is 0 Å². The lowest BCUT2D eigenvalue weighted by atomic mass is 10.1. The molecule has 120 valence electrons. The number of hydrogen-bond acceptors (Lipinski definition) is 3. The fraction of sp³-hybridized carbons (Fsp3) is 0.105. The van der Waals surface area contributed by atoms with E-state index in [1.165, 1.54) is 18.3 Å². The first-order chi connectivity index (χ1) is 11.6. The Morgan fingerprint density at radius 2 is 1.79 bits per heavy atom. The molecule has 0 bridgehead atoms. The molecule has 0 saturated carbocycles. The van der Waals surface area contributed by atoms with Crippen LogP contribution in [-0.2, 0) is 6.54 Å².